The number of anilines is 1. The number of nitriles is 1. The monoisotopic (exact) mass is 256 g/mol. The molecule has 1 saturated carbocycles. The quantitative estimate of drug-likeness (QED) is 0.826. The zero-order valence-electron chi connectivity index (χ0n) is 11.6. The van der Waals surface area contributed by atoms with Crippen LogP contribution in [0.3, 0.4) is 0 Å². The third-order valence-electron chi connectivity index (χ3n) is 4.43. The first-order valence-corrected chi connectivity index (χ1v) is 6.97. The molecule has 1 saturated heterocycles. The number of aromatic nitrogens is 1. The maximum atomic E-state index is 9.21. The SMILES string of the molecule is CN(C)[C@@H]1CN(c2ncccc2C#N)C[C@H]1C1CC1. The van der Waals surface area contributed by atoms with Crippen LogP contribution in [0.4, 0.5) is 5.82 Å². The van der Waals surface area contributed by atoms with Crippen molar-refractivity contribution in [3.8, 4) is 6.07 Å². The van der Waals surface area contributed by atoms with Gasteiger partial charge in [0.15, 0.2) is 0 Å². The Labute approximate surface area is 114 Å². The van der Waals surface area contributed by atoms with Crippen molar-refractivity contribution >= 4 is 5.82 Å². The van der Waals surface area contributed by atoms with E-state index in [0.29, 0.717) is 11.6 Å². The van der Waals surface area contributed by atoms with E-state index in [1.165, 1.54) is 12.8 Å². The van der Waals surface area contributed by atoms with Crippen LogP contribution in [-0.4, -0.2) is 43.1 Å². The van der Waals surface area contributed by atoms with Gasteiger partial charge < -0.3 is 9.80 Å². The molecule has 0 bridgehead atoms. The fraction of sp³-hybridized carbons (Fsp3) is 0.600. The summed E-state index contributed by atoms with van der Waals surface area (Å²) in [5.74, 6) is 2.47. The van der Waals surface area contributed by atoms with Gasteiger partial charge in [0.25, 0.3) is 0 Å². The van der Waals surface area contributed by atoms with Gasteiger partial charge in [0.1, 0.15) is 11.9 Å². The van der Waals surface area contributed by atoms with E-state index in [2.05, 4.69) is 34.9 Å². The molecule has 2 heterocycles. The van der Waals surface area contributed by atoms with Crippen molar-refractivity contribution in [2.75, 3.05) is 32.1 Å². The van der Waals surface area contributed by atoms with E-state index < -0.39 is 0 Å². The first kappa shape index (κ1) is 12.4. The Hall–Kier alpha value is -1.60. The smallest absolute Gasteiger partial charge is 0.146 e. The van der Waals surface area contributed by atoms with Crippen LogP contribution in [0, 0.1) is 23.2 Å². The van der Waals surface area contributed by atoms with Crippen molar-refractivity contribution in [2.45, 2.75) is 18.9 Å². The number of pyridine rings is 1. The maximum absolute atomic E-state index is 9.21. The lowest BCUT2D eigenvalue weighted by Crippen LogP contribution is -2.36. The minimum absolute atomic E-state index is 0.584. The lowest BCUT2D eigenvalue weighted by atomic mass is 9.97. The second-order valence-electron chi connectivity index (χ2n) is 5.92. The molecule has 4 nitrogen and oxygen atoms in total. The normalized spacial score (nSPS) is 26.7. The Morgan fingerprint density at radius 2 is 2.16 bits per heavy atom. The Morgan fingerprint density at radius 3 is 2.79 bits per heavy atom. The van der Waals surface area contributed by atoms with Crippen LogP contribution < -0.4 is 4.90 Å². The van der Waals surface area contributed by atoms with Crippen molar-refractivity contribution in [1.82, 2.24) is 9.88 Å². The molecule has 0 spiro atoms. The van der Waals surface area contributed by atoms with E-state index in [0.717, 1.165) is 30.7 Å². The third-order valence-corrected chi connectivity index (χ3v) is 4.43. The fourth-order valence-corrected chi connectivity index (χ4v) is 3.25. The van der Waals surface area contributed by atoms with Gasteiger partial charge in [0.05, 0.1) is 5.56 Å². The summed E-state index contributed by atoms with van der Waals surface area (Å²) in [6.07, 6.45) is 4.53. The lowest BCUT2D eigenvalue weighted by Gasteiger charge is -2.24. The Morgan fingerprint density at radius 1 is 1.37 bits per heavy atom. The molecule has 0 radical (unpaired) electrons. The van der Waals surface area contributed by atoms with Crippen LogP contribution in [0.2, 0.25) is 0 Å². The number of rotatable bonds is 3. The summed E-state index contributed by atoms with van der Waals surface area (Å²) in [4.78, 5) is 9.05. The summed E-state index contributed by atoms with van der Waals surface area (Å²) in [6, 6.07) is 6.53. The van der Waals surface area contributed by atoms with Gasteiger partial charge in [0, 0.05) is 25.3 Å². The molecule has 1 aromatic heterocycles. The van der Waals surface area contributed by atoms with E-state index in [-0.39, 0.29) is 0 Å². The zero-order valence-corrected chi connectivity index (χ0v) is 11.6. The Kier molecular flexibility index (Phi) is 3.16. The molecule has 0 N–H and O–H groups in total. The average Bonchev–Trinajstić information content (AvgIpc) is 3.17. The Balaban J connectivity index is 1.85. The van der Waals surface area contributed by atoms with Gasteiger partial charge >= 0.3 is 0 Å². The highest BCUT2D eigenvalue weighted by Gasteiger charge is 2.43. The summed E-state index contributed by atoms with van der Waals surface area (Å²) in [5, 5.41) is 9.21. The van der Waals surface area contributed by atoms with Crippen LogP contribution in [-0.2, 0) is 0 Å². The lowest BCUT2D eigenvalue weighted by molar-refractivity contribution is 0.238. The molecule has 1 aliphatic heterocycles. The number of nitrogens with zero attached hydrogens (tertiary/aromatic N) is 4. The maximum Gasteiger partial charge on any atom is 0.146 e. The van der Waals surface area contributed by atoms with Crippen molar-refractivity contribution in [3.63, 3.8) is 0 Å². The first-order chi connectivity index (χ1) is 9.20. The predicted molar refractivity (Wildman–Crippen MR) is 74.9 cm³/mol. The summed E-state index contributed by atoms with van der Waals surface area (Å²) >= 11 is 0. The highest BCUT2D eigenvalue weighted by atomic mass is 15.3. The average molecular weight is 256 g/mol. The largest absolute Gasteiger partial charge is 0.354 e. The van der Waals surface area contributed by atoms with Gasteiger partial charge in [-0.2, -0.15) is 5.26 Å². The first-order valence-electron chi connectivity index (χ1n) is 6.97. The van der Waals surface area contributed by atoms with Gasteiger partial charge in [-0.25, -0.2) is 4.98 Å². The molecule has 2 atom stereocenters. The summed E-state index contributed by atoms with van der Waals surface area (Å²) in [5.41, 5.74) is 0.691. The van der Waals surface area contributed by atoms with Crippen LogP contribution in [0.15, 0.2) is 18.3 Å². The molecule has 1 aliphatic carbocycles. The van der Waals surface area contributed by atoms with E-state index >= 15 is 0 Å². The Bertz CT molecular complexity index is 491. The van der Waals surface area contributed by atoms with E-state index in [1.54, 1.807) is 6.20 Å². The summed E-state index contributed by atoms with van der Waals surface area (Å²) in [6.45, 7) is 2.03. The van der Waals surface area contributed by atoms with Crippen LogP contribution in [0.1, 0.15) is 18.4 Å². The van der Waals surface area contributed by atoms with Crippen molar-refractivity contribution in [2.24, 2.45) is 11.8 Å². The molecular weight excluding hydrogens is 236 g/mol. The van der Waals surface area contributed by atoms with E-state index in [9.17, 15) is 5.26 Å². The van der Waals surface area contributed by atoms with Gasteiger partial charge in [-0.15, -0.1) is 0 Å². The second kappa shape index (κ2) is 4.82. The number of likely N-dealkylation sites (N-methyl/N-ethyl adjacent to an activating group) is 1. The number of hydrogen-bond acceptors (Lipinski definition) is 4. The van der Waals surface area contributed by atoms with Gasteiger partial charge in [0.2, 0.25) is 0 Å². The molecule has 19 heavy (non-hydrogen) atoms. The highest BCUT2D eigenvalue weighted by molar-refractivity contribution is 5.54. The standard InChI is InChI=1S/C15H20N4/c1-18(2)14-10-19(9-13(14)11-5-6-11)15-12(8-16)4-3-7-17-15/h3-4,7,11,13-14H,5-6,9-10H2,1-2H3/t13-,14+/m0/s1. The molecule has 0 unspecified atom stereocenters. The zero-order chi connectivity index (χ0) is 13.4. The van der Waals surface area contributed by atoms with E-state index in [4.69, 9.17) is 0 Å². The molecule has 2 aliphatic rings. The van der Waals surface area contributed by atoms with Crippen molar-refractivity contribution in [3.05, 3.63) is 23.9 Å². The summed E-state index contributed by atoms with van der Waals surface area (Å²) in [7, 11) is 4.32. The van der Waals surface area contributed by atoms with Gasteiger partial charge in [-0.05, 0) is 50.9 Å². The second-order valence-corrected chi connectivity index (χ2v) is 5.92. The van der Waals surface area contributed by atoms with E-state index in [1.807, 2.05) is 12.1 Å². The third kappa shape index (κ3) is 2.31. The highest BCUT2D eigenvalue weighted by Crippen LogP contribution is 2.43. The van der Waals surface area contributed by atoms with Crippen molar-refractivity contribution in [1.29, 1.82) is 5.26 Å². The molecule has 4 heteroatoms. The number of hydrogen-bond donors (Lipinski definition) is 0. The van der Waals surface area contributed by atoms with Crippen molar-refractivity contribution < 1.29 is 0 Å². The molecule has 0 aromatic carbocycles. The minimum atomic E-state index is 0.584. The van der Waals surface area contributed by atoms with Gasteiger partial charge in [-0.3, -0.25) is 0 Å². The molecule has 1 aromatic rings. The molecule has 100 valence electrons. The molecular formula is C15H20N4. The van der Waals surface area contributed by atoms with Crippen LogP contribution in [0.5, 0.6) is 0 Å². The minimum Gasteiger partial charge on any atom is -0.354 e. The fourth-order valence-electron chi connectivity index (χ4n) is 3.25. The topological polar surface area (TPSA) is 43.2 Å². The van der Waals surface area contributed by atoms with Crippen LogP contribution in [0.25, 0.3) is 0 Å². The predicted octanol–water partition coefficient (Wildman–Crippen LogP) is 1.73. The summed E-state index contributed by atoms with van der Waals surface area (Å²) < 4.78 is 0. The molecule has 3 rings (SSSR count). The molecule has 0 amide bonds. The molecule has 2 fully saturated rings. The van der Waals surface area contributed by atoms with Crippen LogP contribution >= 0.6 is 0 Å². The van der Waals surface area contributed by atoms with Gasteiger partial charge in [-0.1, -0.05) is 0 Å².